The summed E-state index contributed by atoms with van der Waals surface area (Å²) < 4.78 is 0. The molecule has 6 nitrogen and oxygen atoms in total. The molecule has 0 saturated carbocycles. The maximum atomic E-state index is 12.1. The van der Waals surface area contributed by atoms with Crippen molar-refractivity contribution >= 4 is 11.7 Å². The minimum Gasteiger partial charge on any atom is -0.368 e. The zero-order valence-corrected chi connectivity index (χ0v) is 12.5. The molecule has 0 aliphatic rings. The third kappa shape index (κ3) is 4.59. The number of hydrogen-bond donors (Lipinski definition) is 2. The third-order valence-electron chi connectivity index (χ3n) is 3.22. The second-order valence-electron chi connectivity index (χ2n) is 4.84. The van der Waals surface area contributed by atoms with E-state index in [0.29, 0.717) is 19.5 Å². The molecule has 0 aromatic carbocycles. The summed E-state index contributed by atoms with van der Waals surface area (Å²) >= 11 is 0. The molecule has 2 aromatic rings. The predicted molar refractivity (Wildman–Crippen MR) is 82.0 cm³/mol. The summed E-state index contributed by atoms with van der Waals surface area (Å²) in [5.41, 5.74) is 1.05. The van der Waals surface area contributed by atoms with Crippen LogP contribution in [0.3, 0.4) is 0 Å². The Hall–Kier alpha value is -2.37. The average molecular weight is 287 g/mol. The Kier molecular flexibility index (Phi) is 5.31. The predicted octanol–water partition coefficient (Wildman–Crippen LogP) is 1.48. The van der Waals surface area contributed by atoms with Crippen LogP contribution in [0.4, 0.5) is 5.82 Å². The van der Waals surface area contributed by atoms with Crippen molar-refractivity contribution in [2.75, 3.05) is 25.5 Å². The summed E-state index contributed by atoms with van der Waals surface area (Å²) in [7, 11) is 1.80. The molecule has 6 heteroatoms. The highest BCUT2D eigenvalue weighted by Gasteiger charge is 2.11. The molecular weight excluding hydrogens is 266 g/mol. The van der Waals surface area contributed by atoms with Gasteiger partial charge in [0, 0.05) is 38.2 Å². The van der Waals surface area contributed by atoms with E-state index in [1.165, 1.54) is 0 Å². The van der Waals surface area contributed by atoms with Gasteiger partial charge in [-0.2, -0.15) is 0 Å². The molecule has 0 atom stereocenters. The number of pyridine rings is 1. The first-order valence-corrected chi connectivity index (χ1v) is 7.10. The summed E-state index contributed by atoms with van der Waals surface area (Å²) in [5.74, 6) is 1.59. The summed E-state index contributed by atoms with van der Waals surface area (Å²) in [6.45, 7) is 3.34. The molecule has 112 valence electrons. The molecular formula is C15H21N5O. The molecule has 0 radical (unpaired) electrons. The number of aromatic amines is 1. The van der Waals surface area contributed by atoms with Gasteiger partial charge in [-0.3, -0.25) is 4.79 Å². The van der Waals surface area contributed by atoms with Crippen LogP contribution >= 0.6 is 0 Å². The number of amides is 1. The van der Waals surface area contributed by atoms with Gasteiger partial charge in [-0.25, -0.2) is 9.97 Å². The van der Waals surface area contributed by atoms with Gasteiger partial charge >= 0.3 is 0 Å². The Bertz CT molecular complexity index is 566. The summed E-state index contributed by atoms with van der Waals surface area (Å²) in [4.78, 5) is 25.3. The number of nitrogens with one attached hydrogen (secondary N) is 2. The van der Waals surface area contributed by atoms with E-state index in [1.54, 1.807) is 24.3 Å². The van der Waals surface area contributed by atoms with Crippen LogP contribution in [0.2, 0.25) is 0 Å². The minimum atomic E-state index is 0.0508. The van der Waals surface area contributed by atoms with Gasteiger partial charge in [0.15, 0.2) is 0 Å². The van der Waals surface area contributed by atoms with Crippen molar-refractivity contribution < 1.29 is 4.79 Å². The van der Waals surface area contributed by atoms with Gasteiger partial charge in [0.05, 0.1) is 6.42 Å². The lowest BCUT2D eigenvalue weighted by molar-refractivity contribution is -0.129. The largest absolute Gasteiger partial charge is 0.368 e. The van der Waals surface area contributed by atoms with Crippen LogP contribution < -0.4 is 5.32 Å². The van der Waals surface area contributed by atoms with E-state index in [2.05, 4.69) is 27.2 Å². The quantitative estimate of drug-likeness (QED) is 0.809. The number of nitrogens with zero attached hydrogens (tertiary/aromatic N) is 3. The molecule has 2 N–H and O–H groups in total. The summed E-state index contributed by atoms with van der Waals surface area (Å²) in [5, 5.41) is 3.18. The van der Waals surface area contributed by atoms with Crippen LogP contribution in [0, 0.1) is 0 Å². The highest BCUT2D eigenvalue weighted by Crippen LogP contribution is 2.02. The first-order valence-electron chi connectivity index (χ1n) is 7.10. The van der Waals surface area contributed by atoms with Gasteiger partial charge < -0.3 is 15.2 Å². The zero-order valence-electron chi connectivity index (χ0n) is 12.5. The van der Waals surface area contributed by atoms with Crippen molar-refractivity contribution in [1.29, 1.82) is 0 Å². The normalized spacial score (nSPS) is 10.4. The number of hydrogen-bond acceptors (Lipinski definition) is 4. The van der Waals surface area contributed by atoms with Crippen LogP contribution in [0.15, 0.2) is 30.6 Å². The van der Waals surface area contributed by atoms with Crippen molar-refractivity contribution in [2.45, 2.75) is 19.8 Å². The van der Waals surface area contributed by atoms with Crippen LogP contribution in [0.25, 0.3) is 0 Å². The Labute approximate surface area is 124 Å². The van der Waals surface area contributed by atoms with Gasteiger partial charge in [0.25, 0.3) is 0 Å². The molecule has 0 aliphatic heterocycles. The van der Waals surface area contributed by atoms with E-state index in [4.69, 9.17) is 0 Å². The van der Waals surface area contributed by atoms with Gasteiger partial charge in [-0.15, -0.1) is 0 Å². The molecule has 2 rings (SSSR count). The van der Waals surface area contributed by atoms with E-state index in [9.17, 15) is 4.79 Å². The molecule has 0 saturated heterocycles. The smallest absolute Gasteiger partial charge is 0.229 e. The summed E-state index contributed by atoms with van der Waals surface area (Å²) in [6, 6.07) is 5.69. The number of imidazole rings is 1. The lowest BCUT2D eigenvalue weighted by Gasteiger charge is -2.17. The fraction of sp³-hybridized carbons (Fsp3) is 0.400. The average Bonchev–Trinajstić information content (AvgIpc) is 2.96. The monoisotopic (exact) mass is 287 g/mol. The fourth-order valence-corrected chi connectivity index (χ4v) is 1.90. The fourth-order valence-electron chi connectivity index (χ4n) is 1.90. The molecule has 1 amide bonds. The van der Waals surface area contributed by atoms with Crippen molar-refractivity contribution in [3.8, 4) is 0 Å². The lowest BCUT2D eigenvalue weighted by atomic mass is 10.3. The maximum Gasteiger partial charge on any atom is 0.229 e. The van der Waals surface area contributed by atoms with E-state index in [1.807, 2.05) is 18.2 Å². The maximum absolute atomic E-state index is 12.1. The second-order valence-corrected chi connectivity index (χ2v) is 4.84. The lowest BCUT2D eigenvalue weighted by Crippen LogP contribution is -2.32. The molecule has 0 fully saturated rings. The van der Waals surface area contributed by atoms with Crippen molar-refractivity contribution in [1.82, 2.24) is 19.9 Å². The first-order chi connectivity index (χ1) is 10.2. The Morgan fingerprint density at radius 1 is 1.38 bits per heavy atom. The highest BCUT2D eigenvalue weighted by molar-refractivity contribution is 5.77. The SMILES string of the molecule is CCc1cnc(CC(=O)N(C)CCNc2ccccn2)[nH]1. The number of aromatic nitrogens is 3. The van der Waals surface area contributed by atoms with Crippen molar-refractivity contribution in [3.05, 3.63) is 42.1 Å². The standard InChI is InChI=1S/C15H21N5O/c1-3-12-11-18-14(19-12)10-15(21)20(2)9-8-17-13-6-4-5-7-16-13/h4-7,11H,3,8-10H2,1-2H3,(H,16,17)(H,18,19). The molecule has 0 spiro atoms. The van der Waals surface area contributed by atoms with Gasteiger partial charge in [-0.05, 0) is 18.6 Å². The molecule has 0 aliphatic carbocycles. The number of carbonyl (C=O) groups excluding carboxylic acids is 1. The number of rotatable bonds is 7. The van der Waals surface area contributed by atoms with E-state index in [-0.39, 0.29) is 5.91 Å². The molecule has 2 aromatic heterocycles. The third-order valence-corrected chi connectivity index (χ3v) is 3.22. The van der Waals surface area contributed by atoms with Crippen LogP contribution in [0.5, 0.6) is 0 Å². The highest BCUT2D eigenvalue weighted by atomic mass is 16.2. The second kappa shape index (κ2) is 7.42. The number of likely N-dealkylation sites (N-methyl/N-ethyl adjacent to an activating group) is 1. The van der Waals surface area contributed by atoms with Crippen LogP contribution in [-0.2, 0) is 17.6 Å². The molecule has 2 heterocycles. The Morgan fingerprint density at radius 2 is 2.24 bits per heavy atom. The zero-order chi connectivity index (χ0) is 15.1. The first kappa shape index (κ1) is 15.0. The van der Waals surface area contributed by atoms with Crippen LogP contribution in [-0.4, -0.2) is 45.9 Å². The number of H-pyrrole nitrogens is 1. The molecule has 0 unspecified atom stereocenters. The molecule has 21 heavy (non-hydrogen) atoms. The topological polar surface area (TPSA) is 73.9 Å². The number of carbonyl (C=O) groups is 1. The number of anilines is 1. The van der Waals surface area contributed by atoms with Crippen molar-refractivity contribution in [3.63, 3.8) is 0 Å². The van der Waals surface area contributed by atoms with E-state index >= 15 is 0 Å². The van der Waals surface area contributed by atoms with E-state index in [0.717, 1.165) is 23.8 Å². The summed E-state index contributed by atoms with van der Waals surface area (Å²) in [6.07, 6.45) is 4.72. The molecule has 0 bridgehead atoms. The number of aryl methyl sites for hydroxylation is 1. The minimum absolute atomic E-state index is 0.0508. The Balaban J connectivity index is 1.74. The van der Waals surface area contributed by atoms with Gasteiger partial charge in [0.1, 0.15) is 11.6 Å². The van der Waals surface area contributed by atoms with Gasteiger partial charge in [-0.1, -0.05) is 13.0 Å². The van der Waals surface area contributed by atoms with E-state index < -0.39 is 0 Å². The Morgan fingerprint density at radius 3 is 2.90 bits per heavy atom. The van der Waals surface area contributed by atoms with Gasteiger partial charge in [0.2, 0.25) is 5.91 Å². The van der Waals surface area contributed by atoms with Crippen LogP contribution in [0.1, 0.15) is 18.4 Å². The van der Waals surface area contributed by atoms with Crippen molar-refractivity contribution in [2.24, 2.45) is 0 Å².